The van der Waals surface area contributed by atoms with Gasteiger partial charge in [0.05, 0.1) is 18.3 Å². The lowest BCUT2D eigenvalue weighted by Crippen LogP contribution is -2.47. The maximum atomic E-state index is 5.56. The molecule has 6 nitrogen and oxygen atoms in total. The molecule has 6 heteroatoms. The Morgan fingerprint density at radius 2 is 1.52 bits per heavy atom. The van der Waals surface area contributed by atoms with Crippen molar-refractivity contribution in [3.8, 4) is 5.75 Å². The zero-order chi connectivity index (χ0) is 22.6. The molecule has 1 fully saturated rings. The lowest BCUT2D eigenvalue weighted by molar-refractivity contribution is 0.413. The number of nitrogens with zero attached hydrogens (tertiary/aromatic N) is 4. The lowest BCUT2D eigenvalue weighted by Gasteiger charge is -2.36. The molecule has 0 saturated carbocycles. The number of rotatable bonds is 6. The molecule has 3 aromatic carbocycles. The second-order valence-corrected chi connectivity index (χ2v) is 8.37. The summed E-state index contributed by atoms with van der Waals surface area (Å²) in [7, 11) is 1.73. The van der Waals surface area contributed by atoms with Gasteiger partial charge in [0.15, 0.2) is 0 Å². The number of methoxy groups -OCH3 is 1. The fourth-order valence-electron chi connectivity index (χ4n) is 4.27. The molecule has 1 aliphatic rings. The van der Waals surface area contributed by atoms with Gasteiger partial charge in [-0.15, -0.1) is 0 Å². The fraction of sp³-hybridized carbons (Fsp3) is 0.259. The van der Waals surface area contributed by atoms with E-state index in [1.54, 1.807) is 7.11 Å². The predicted octanol–water partition coefficient (Wildman–Crippen LogP) is 4.89. The summed E-state index contributed by atoms with van der Waals surface area (Å²) in [5, 5.41) is 4.59. The molecule has 0 radical (unpaired) electrons. The molecule has 0 amide bonds. The van der Waals surface area contributed by atoms with E-state index in [2.05, 4.69) is 70.6 Å². The number of para-hydroxylation sites is 3. The van der Waals surface area contributed by atoms with Gasteiger partial charge in [-0.3, -0.25) is 0 Å². The third-order valence-corrected chi connectivity index (χ3v) is 6.16. The minimum absolute atomic E-state index is 0.725. The van der Waals surface area contributed by atoms with Crippen LogP contribution in [0, 0.1) is 6.92 Å². The van der Waals surface area contributed by atoms with Gasteiger partial charge in [0, 0.05) is 38.1 Å². The summed E-state index contributed by atoms with van der Waals surface area (Å²) in [4.78, 5) is 14.5. The highest BCUT2D eigenvalue weighted by Gasteiger charge is 2.22. The molecule has 33 heavy (non-hydrogen) atoms. The van der Waals surface area contributed by atoms with E-state index in [9.17, 15) is 0 Å². The monoisotopic (exact) mass is 439 g/mol. The van der Waals surface area contributed by atoms with E-state index >= 15 is 0 Å². The van der Waals surface area contributed by atoms with Crippen LogP contribution in [-0.2, 0) is 6.54 Å². The number of anilines is 3. The number of fused-ring (bicyclic) bond motifs is 1. The topological polar surface area (TPSA) is 53.5 Å². The summed E-state index contributed by atoms with van der Waals surface area (Å²) in [6, 6.07) is 25.0. The fourth-order valence-corrected chi connectivity index (χ4v) is 4.27. The number of aryl methyl sites for hydroxylation is 1. The van der Waals surface area contributed by atoms with Crippen molar-refractivity contribution in [3.63, 3.8) is 0 Å². The molecule has 2 heterocycles. The Kier molecular flexibility index (Phi) is 5.98. The molecule has 0 unspecified atom stereocenters. The number of aromatic nitrogens is 2. The Morgan fingerprint density at radius 1 is 0.818 bits per heavy atom. The van der Waals surface area contributed by atoms with Crippen LogP contribution in [0.3, 0.4) is 0 Å². The Hall–Kier alpha value is -3.80. The molecule has 168 valence electrons. The third kappa shape index (κ3) is 4.55. The van der Waals surface area contributed by atoms with Crippen LogP contribution in [0.2, 0.25) is 0 Å². The number of nitrogens with one attached hydrogen (secondary N) is 1. The zero-order valence-corrected chi connectivity index (χ0v) is 19.2. The van der Waals surface area contributed by atoms with E-state index in [-0.39, 0.29) is 0 Å². The summed E-state index contributed by atoms with van der Waals surface area (Å²) in [5.74, 6) is 2.57. The van der Waals surface area contributed by atoms with Gasteiger partial charge in [0.1, 0.15) is 11.6 Å². The van der Waals surface area contributed by atoms with Crippen molar-refractivity contribution in [2.75, 3.05) is 48.4 Å². The number of hydrogen-bond acceptors (Lipinski definition) is 6. The Labute approximate surface area is 194 Å². The molecular weight excluding hydrogens is 410 g/mol. The van der Waals surface area contributed by atoms with E-state index in [4.69, 9.17) is 14.7 Å². The molecule has 4 aromatic rings. The molecule has 1 aliphatic heterocycles. The summed E-state index contributed by atoms with van der Waals surface area (Å²) in [6.07, 6.45) is 0. The first-order chi connectivity index (χ1) is 16.2. The molecule has 1 aromatic heterocycles. The van der Waals surface area contributed by atoms with Gasteiger partial charge < -0.3 is 19.9 Å². The van der Waals surface area contributed by atoms with Gasteiger partial charge in [-0.05, 0) is 36.8 Å². The van der Waals surface area contributed by atoms with Crippen molar-refractivity contribution in [2.45, 2.75) is 13.5 Å². The molecule has 1 N–H and O–H groups in total. The first kappa shape index (κ1) is 21.1. The van der Waals surface area contributed by atoms with Crippen molar-refractivity contribution >= 4 is 28.4 Å². The SMILES string of the molecule is COc1ccccc1N1CCN(c2nc(NCc3ccc(C)cc3)c3ccccc3n2)CC1. The number of piperazine rings is 1. The van der Waals surface area contributed by atoms with Crippen molar-refractivity contribution in [1.29, 1.82) is 0 Å². The van der Waals surface area contributed by atoms with Gasteiger partial charge in [-0.2, -0.15) is 4.98 Å². The highest BCUT2D eigenvalue weighted by Crippen LogP contribution is 2.30. The summed E-state index contributed by atoms with van der Waals surface area (Å²) in [5.41, 5.74) is 4.59. The minimum Gasteiger partial charge on any atom is -0.495 e. The zero-order valence-electron chi connectivity index (χ0n) is 19.2. The molecular formula is C27H29N5O. The quantitative estimate of drug-likeness (QED) is 0.462. The second-order valence-electron chi connectivity index (χ2n) is 8.37. The molecule has 0 bridgehead atoms. The van der Waals surface area contributed by atoms with Crippen LogP contribution in [0.25, 0.3) is 10.9 Å². The number of ether oxygens (including phenoxy) is 1. The van der Waals surface area contributed by atoms with Crippen molar-refractivity contribution in [2.24, 2.45) is 0 Å². The number of hydrogen-bond donors (Lipinski definition) is 1. The summed E-state index contributed by atoms with van der Waals surface area (Å²) >= 11 is 0. The molecule has 5 rings (SSSR count). The summed E-state index contributed by atoms with van der Waals surface area (Å²) < 4.78 is 5.56. The van der Waals surface area contributed by atoms with E-state index in [0.717, 1.165) is 66.8 Å². The summed E-state index contributed by atoms with van der Waals surface area (Å²) in [6.45, 7) is 6.32. The van der Waals surface area contributed by atoms with Crippen LogP contribution >= 0.6 is 0 Å². The molecule has 1 saturated heterocycles. The van der Waals surface area contributed by atoms with Gasteiger partial charge in [-0.25, -0.2) is 4.98 Å². The van der Waals surface area contributed by atoms with Gasteiger partial charge in [-0.1, -0.05) is 54.1 Å². The lowest BCUT2D eigenvalue weighted by atomic mass is 10.1. The Bertz CT molecular complexity index is 1230. The van der Waals surface area contributed by atoms with E-state index < -0.39 is 0 Å². The predicted molar refractivity (Wildman–Crippen MR) is 135 cm³/mol. The van der Waals surface area contributed by atoms with Crippen molar-refractivity contribution < 1.29 is 4.74 Å². The largest absolute Gasteiger partial charge is 0.495 e. The van der Waals surface area contributed by atoms with E-state index in [1.165, 1.54) is 11.1 Å². The van der Waals surface area contributed by atoms with Crippen molar-refractivity contribution in [3.05, 3.63) is 83.9 Å². The standard InChI is InChI=1S/C27H29N5O/c1-20-11-13-21(14-12-20)19-28-26-22-7-3-4-8-23(22)29-27(30-26)32-17-15-31(16-18-32)24-9-5-6-10-25(24)33-2/h3-14H,15-19H2,1-2H3,(H,28,29,30). The highest BCUT2D eigenvalue weighted by molar-refractivity contribution is 5.90. The maximum Gasteiger partial charge on any atom is 0.228 e. The molecule has 0 aliphatic carbocycles. The maximum absolute atomic E-state index is 5.56. The van der Waals surface area contributed by atoms with E-state index in [0.29, 0.717) is 0 Å². The smallest absolute Gasteiger partial charge is 0.228 e. The average Bonchev–Trinajstić information content (AvgIpc) is 2.88. The number of benzene rings is 3. The molecule has 0 atom stereocenters. The second kappa shape index (κ2) is 9.36. The van der Waals surface area contributed by atoms with Gasteiger partial charge >= 0.3 is 0 Å². The normalized spacial score (nSPS) is 13.9. The van der Waals surface area contributed by atoms with Crippen LogP contribution in [0.4, 0.5) is 17.5 Å². The first-order valence-corrected chi connectivity index (χ1v) is 11.4. The Balaban J connectivity index is 1.36. The van der Waals surface area contributed by atoms with E-state index in [1.807, 2.05) is 24.3 Å². The van der Waals surface area contributed by atoms with Crippen molar-refractivity contribution in [1.82, 2.24) is 9.97 Å². The third-order valence-electron chi connectivity index (χ3n) is 6.16. The van der Waals surface area contributed by atoms with Crippen LogP contribution in [-0.4, -0.2) is 43.3 Å². The van der Waals surface area contributed by atoms with Gasteiger partial charge in [0.25, 0.3) is 0 Å². The van der Waals surface area contributed by atoms with Crippen LogP contribution in [0.15, 0.2) is 72.8 Å². The van der Waals surface area contributed by atoms with Crippen LogP contribution in [0.5, 0.6) is 5.75 Å². The Morgan fingerprint density at radius 3 is 2.30 bits per heavy atom. The highest BCUT2D eigenvalue weighted by atomic mass is 16.5. The molecule has 0 spiro atoms. The van der Waals surface area contributed by atoms with Crippen LogP contribution in [0.1, 0.15) is 11.1 Å². The van der Waals surface area contributed by atoms with Crippen LogP contribution < -0.4 is 19.9 Å². The minimum atomic E-state index is 0.725. The first-order valence-electron chi connectivity index (χ1n) is 11.4. The van der Waals surface area contributed by atoms with Gasteiger partial charge in [0.2, 0.25) is 5.95 Å². The average molecular weight is 440 g/mol.